The Morgan fingerprint density at radius 2 is 1.79 bits per heavy atom. The van der Waals surface area contributed by atoms with E-state index in [1.54, 1.807) is 12.1 Å². The summed E-state index contributed by atoms with van der Waals surface area (Å²) in [6.07, 6.45) is 3.54. The fraction of sp³-hybridized carbons (Fsp3) is 0.353. The Morgan fingerprint density at radius 3 is 2.47 bits per heavy atom. The van der Waals surface area contributed by atoms with E-state index in [1.807, 2.05) is 12.1 Å². The van der Waals surface area contributed by atoms with Crippen molar-refractivity contribution in [1.82, 2.24) is 0 Å². The first-order chi connectivity index (χ1) is 9.06. The first-order valence-electron chi connectivity index (χ1n) is 6.82. The first-order valence-corrected chi connectivity index (χ1v) is 6.82. The van der Waals surface area contributed by atoms with Crippen LogP contribution in [-0.4, -0.2) is 11.1 Å². The molecule has 2 heteroatoms. The van der Waals surface area contributed by atoms with Crippen LogP contribution in [0.4, 0.5) is 0 Å². The predicted octanol–water partition coefficient (Wildman–Crippen LogP) is 4.52. The summed E-state index contributed by atoms with van der Waals surface area (Å²) in [5, 5.41) is 11.1. The molecule has 0 aliphatic heterocycles. The number of benzene rings is 2. The predicted molar refractivity (Wildman–Crippen MR) is 78.7 cm³/mol. The van der Waals surface area contributed by atoms with E-state index in [1.165, 1.54) is 18.4 Å². The normalized spacial score (nSPS) is 11.1. The van der Waals surface area contributed by atoms with Crippen molar-refractivity contribution in [3.8, 4) is 0 Å². The maximum Gasteiger partial charge on any atom is 0.335 e. The lowest BCUT2D eigenvalue weighted by atomic mass is 9.99. The zero-order valence-electron chi connectivity index (χ0n) is 11.5. The van der Waals surface area contributed by atoms with Crippen molar-refractivity contribution >= 4 is 16.7 Å². The summed E-state index contributed by atoms with van der Waals surface area (Å²) >= 11 is 0. The number of carboxylic acid groups (broad SMARTS) is 1. The van der Waals surface area contributed by atoms with Gasteiger partial charge in [-0.1, -0.05) is 44.5 Å². The van der Waals surface area contributed by atoms with Crippen LogP contribution in [0.5, 0.6) is 0 Å². The van der Waals surface area contributed by atoms with Gasteiger partial charge in [-0.2, -0.15) is 0 Å². The average Bonchev–Trinajstić information content (AvgIpc) is 2.37. The lowest BCUT2D eigenvalue weighted by Gasteiger charge is -2.06. The molecule has 0 bridgehead atoms. The molecule has 0 radical (unpaired) electrons. The number of fused-ring (bicyclic) bond motifs is 1. The van der Waals surface area contributed by atoms with Crippen LogP contribution in [0.3, 0.4) is 0 Å². The number of hydrogen-bond donors (Lipinski definition) is 1. The van der Waals surface area contributed by atoms with Gasteiger partial charge in [0.1, 0.15) is 0 Å². The summed E-state index contributed by atoms with van der Waals surface area (Å²) in [4.78, 5) is 10.9. The van der Waals surface area contributed by atoms with E-state index in [0.717, 1.165) is 23.1 Å². The molecular formula is C17H20O2. The van der Waals surface area contributed by atoms with Crippen molar-refractivity contribution in [2.45, 2.75) is 33.1 Å². The Bertz CT molecular complexity index is 585. The van der Waals surface area contributed by atoms with Gasteiger partial charge in [-0.25, -0.2) is 4.79 Å². The van der Waals surface area contributed by atoms with Crippen molar-refractivity contribution in [2.24, 2.45) is 5.92 Å². The van der Waals surface area contributed by atoms with E-state index in [4.69, 9.17) is 5.11 Å². The molecule has 0 heterocycles. The number of aryl methyl sites for hydroxylation is 1. The topological polar surface area (TPSA) is 37.3 Å². The quantitative estimate of drug-likeness (QED) is 0.854. The van der Waals surface area contributed by atoms with E-state index in [-0.39, 0.29) is 0 Å². The number of aromatic carboxylic acids is 1. The van der Waals surface area contributed by atoms with Gasteiger partial charge in [0.05, 0.1) is 5.56 Å². The minimum Gasteiger partial charge on any atom is -0.478 e. The standard InChI is InChI=1S/C17H20O2/c1-12(2)4-3-5-13-6-7-15-11-16(17(18)19)9-8-14(15)10-13/h6-12H,3-5H2,1-2H3,(H,18,19). The van der Waals surface area contributed by atoms with Crippen molar-refractivity contribution in [2.75, 3.05) is 0 Å². The summed E-state index contributed by atoms with van der Waals surface area (Å²) in [5.41, 5.74) is 1.68. The highest BCUT2D eigenvalue weighted by Gasteiger charge is 2.04. The van der Waals surface area contributed by atoms with Crippen LogP contribution < -0.4 is 0 Å². The summed E-state index contributed by atoms with van der Waals surface area (Å²) in [5.74, 6) is -0.124. The van der Waals surface area contributed by atoms with Gasteiger partial charge in [-0.05, 0) is 47.2 Å². The van der Waals surface area contributed by atoms with Crippen LogP contribution in [0.2, 0.25) is 0 Å². The highest BCUT2D eigenvalue weighted by atomic mass is 16.4. The molecule has 2 rings (SSSR count). The molecule has 2 aromatic carbocycles. The van der Waals surface area contributed by atoms with Gasteiger partial charge < -0.3 is 5.11 Å². The van der Waals surface area contributed by atoms with Gasteiger partial charge >= 0.3 is 5.97 Å². The Kier molecular flexibility index (Phi) is 4.20. The Morgan fingerprint density at radius 1 is 1.11 bits per heavy atom. The number of hydrogen-bond acceptors (Lipinski definition) is 1. The molecule has 0 atom stereocenters. The van der Waals surface area contributed by atoms with Gasteiger partial charge in [0.25, 0.3) is 0 Å². The molecule has 0 aromatic heterocycles. The fourth-order valence-electron chi connectivity index (χ4n) is 2.30. The average molecular weight is 256 g/mol. The third kappa shape index (κ3) is 3.57. The second kappa shape index (κ2) is 5.87. The van der Waals surface area contributed by atoms with E-state index in [2.05, 4.69) is 26.0 Å². The molecule has 0 fully saturated rings. The lowest BCUT2D eigenvalue weighted by molar-refractivity contribution is 0.0697. The maximum atomic E-state index is 10.9. The second-order valence-corrected chi connectivity index (χ2v) is 5.49. The van der Waals surface area contributed by atoms with E-state index < -0.39 is 5.97 Å². The summed E-state index contributed by atoms with van der Waals surface area (Å²) in [6.45, 7) is 4.49. The molecule has 100 valence electrons. The van der Waals surface area contributed by atoms with Crippen LogP contribution in [-0.2, 0) is 6.42 Å². The van der Waals surface area contributed by atoms with Gasteiger partial charge in [0, 0.05) is 0 Å². The second-order valence-electron chi connectivity index (χ2n) is 5.49. The molecule has 0 unspecified atom stereocenters. The molecule has 1 N–H and O–H groups in total. The summed E-state index contributed by atoms with van der Waals surface area (Å²) in [7, 11) is 0. The molecule has 0 aliphatic carbocycles. The van der Waals surface area contributed by atoms with E-state index in [9.17, 15) is 4.79 Å². The van der Waals surface area contributed by atoms with E-state index in [0.29, 0.717) is 5.56 Å². The monoisotopic (exact) mass is 256 g/mol. The zero-order valence-corrected chi connectivity index (χ0v) is 11.5. The first kappa shape index (κ1) is 13.6. The summed E-state index contributed by atoms with van der Waals surface area (Å²) in [6, 6.07) is 11.6. The number of rotatable bonds is 5. The lowest BCUT2D eigenvalue weighted by Crippen LogP contribution is -1.95. The van der Waals surface area contributed by atoms with E-state index >= 15 is 0 Å². The Hall–Kier alpha value is -1.83. The molecule has 2 aromatic rings. The van der Waals surface area contributed by atoms with Crippen molar-refractivity contribution in [3.05, 3.63) is 47.5 Å². The van der Waals surface area contributed by atoms with Gasteiger partial charge in [-0.15, -0.1) is 0 Å². The maximum absolute atomic E-state index is 10.9. The molecule has 2 nitrogen and oxygen atoms in total. The molecule has 19 heavy (non-hydrogen) atoms. The van der Waals surface area contributed by atoms with Crippen LogP contribution in [0, 0.1) is 5.92 Å². The summed E-state index contributed by atoms with van der Waals surface area (Å²) < 4.78 is 0. The SMILES string of the molecule is CC(C)CCCc1ccc2cc(C(=O)O)ccc2c1. The van der Waals surface area contributed by atoms with Gasteiger partial charge in [0.2, 0.25) is 0 Å². The molecule has 0 saturated carbocycles. The minimum atomic E-state index is -0.872. The van der Waals surface area contributed by atoms with Crippen LogP contribution in [0.25, 0.3) is 10.8 Å². The number of carbonyl (C=O) groups is 1. The van der Waals surface area contributed by atoms with Crippen molar-refractivity contribution in [3.63, 3.8) is 0 Å². The largest absolute Gasteiger partial charge is 0.478 e. The van der Waals surface area contributed by atoms with Crippen molar-refractivity contribution < 1.29 is 9.90 Å². The fourth-order valence-corrected chi connectivity index (χ4v) is 2.30. The number of carboxylic acids is 1. The zero-order chi connectivity index (χ0) is 13.8. The highest BCUT2D eigenvalue weighted by Crippen LogP contribution is 2.19. The van der Waals surface area contributed by atoms with Gasteiger partial charge in [0.15, 0.2) is 0 Å². The Labute approximate surface area is 114 Å². The molecule has 0 saturated heterocycles. The molecule has 0 amide bonds. The van der Waals surface area contributed by atoms with Crippen molar-refractivity contribution in [1.29, 1.82) is 0 Å². The van der Waals surface area contributed by atoms with Crippen LogP contribution in [0.1, 0.15) is 42.6 Å². The van der Waals surface area contributed by atoms with Crippen LogP contribution >= 0.6 is 0 Å². The minimum absolute atomic E-state index is 0.347. The van der Waals surface area contributed by atoms with Crippen LogP contribution in [0.15, 0.2) is 36.4 Å². The Balaban J connectivity index is 2.17. The van der Waals surface area contributed by atoms with Gasteiger partial charge in [-0.3, -0.25) is 0 Å². The molecular weight excluding hydrogens is 236 g/mol. The third-order valence-corrected chi connectivity index (χ3v) is 3.40. The third-order valence-electron chi connectivity index (χ3n) is 3.40. The molecule has 0 aliphatic rings. The molecule has 0 spiro atoms. The highest BCUT2D eigenvalue weighted by molar-refractivity contribution is 5.94. The smallest absolute Gasteiger partial charge is 0.335 e.